The lowest BCUT2D eigenvalue weighted by atomic mass is 9.98. The lowest BCUT2D eigenvalue weighted by Gasteiger charge is -2.21. The van der Waals surface area contributed by atoms with Crippen molar-refractivity contribution in [1.29, 1.82) is 0 Å². The Morgan fingerprint density at radius 3 is 0.933 bits per heavy atom. The minimum absolute atomic E-state index is 0. The fraction of sp³-hybridized carbons (Fsp3) is 0.976. The third-order valence-electron chi connectivity index (χ3n) is 10.6. The molecular weight excluding hydrogens is 568 g/mol. The van der Waals surface area contributed by atoms with Crippen LogP contribution in [0.3, 0.4) is 0 Å². The van der Waals surface area contributed by atoms with Gasteiger partial charge in [-0.25, -0.2) is 0 Å². The van der Waals surface area contributed by atoms with Gasteiger partial charge in [-0.2, -0.15) is 0 Å². The van der Waals surface area contributed by atoms with Gasteiger partial charge in [-0.15, -0.1) is 0 Å². The highest BCUT2D eigenvalue weighted by molar-refractivity contribution is 5.51. The van der Waals surface area contributed by atoms with Gasteiger partial charge in [-0.3, -0.25) is 9.48 Å². The molecule has 0 saturated heterocycles. The van der Waals surface area contributed by atoms with Crippen LogP contribution in [0.2, 0.25) is 0 Å². The molecule has 1 aliphatic heterocycles. The maximum atomic E-state index is 2.72. The van der Waals surface area contributed by atoms with Gasteiger partial charge >= 0.3 is 0 Å². The molecule has 0 atom stereocenters. The first-order chi connectivity index (χ1) is 21.8. The molecule has 0 saturated carbocycles. The number of rotatable bonds is 36. The first kappa shape index (κ1) is 44.8. The summed E-state index contributed by atoms with van der Waals surface area (Å²) in [6.45, 7) is 10.6. The quantitative estimate of drug-likeness (QED) is 0.0482. The van der Waals surface area contributed by atoms with E-state index in [1.54, 1.807) is 0 Å². The summed E-state index contributed by atoms with van der Waals surface area (Å²) < 4.78 is 2.52. The Hall–Kier alpha value is -0.240. The number of hydrogen-bond donors (Lipinski definition) is 0. The van der Waals surface area contributed by atoms with Gasteiger partial charge in [0.15, 0.2) is 0 Å². The summed E-state index contributed by atoms with van der Waals surface area (Å²) in [6, 6.07) is 0.796. The second-order valence-electron chi connectivity index (χ2n) is 14.8. The van der Waals surface area contributed by atoms with E-state index < -0.39 is 0 Å². The zero-order valence-electron chi connectivity index (χ0n) is 31.6. The summed E-state index contributed by atoms with van der Waals surface area (Å²) in [6.07, 6.45) is 52.2. The highest BCUT2D eigenvalue weighted by Crippen LogP contribution is 2.20. The molecule has 0 aromatic carbocycles. The fourth-order valence-electron chi connectivity index (χ4n) is 7.42. The van der Waals surface area contributed by atoms with Crippen molar-refractivity contribution in [1.82, 2.24) is 4.90 Å². The molecule has 0 aromatic rings. The molecule has 2 nitrogen and oxygen atoms in total. The summed E-state index contributed by atoms with van der Waals surface area (Å²) in [5, 5.41) is 0. The second kappa shape index (κ2) is 36.6. The van der Waals surface area contributed by atoms with E-state index in [-0.39, 0.29) is 12.4 Å². The minimum atomic E-state index is 0. The normalized spacial score (nSPS) is 13.2. The van der Waals surface area contributed by atoms with Crippen LogP contribution in [0.25, 0.3) is 0 Å². The van der Waals surface area contributed by atoms with Crippen molar-refractivity contribution in [2.24, 2.45) is 0 Å². The molecule has 1 aliphatic rings. The second-order valence-corrected chi connectivity index (χ2v) is 14.8. The van der Waals surface area contributed by atoms with Crippen LogP contribution in [0.1, 0.15) is 239 Å². The Morgan fingerprint density at radius 2 is 0.689 bits per heavy atom. The van der Waals surface area contributed by atoms with Gasteiger partial charge in [0.05, 0.1) is 12.6 Å². The first-order valence-corrected chi connectivity index (χ1v) is 21.2. The largest absolute Gasteiger partial charge is 1.00 e. The smallest absolute Gasteiger partial charge is 0.234 e. The van der Waals surface area contributed by atoms with Crippen LogP contribution < -0.4 is 12.4 Å². The Labute approximate surface area is 292 Å². The van der Waals surface area contributed by atoms with Crippen LogP contribution in [-0.2, 0) is 0 Å². The average molecular weight is 654 g/mol. The summed E-state index contributed by atoms with van der Waals surface area (Å²) >= 11 is 0. The fourth-order valence-corrected chi connectivity index (χ4v) is 7.42. The molecule has 1 rings (SSSR count). The van der Waals surface area contributed by atoms with Gasteiger partial charge in [-0.05, 0) is 32.6 Å². The molecule has 0 radical (unpaired) electrons. The summed E-state index contributed by atoms with van der Waals surface area (Å²) in [7, 11) is 0. The highest BCUT2D eigenvalue weighted by Gasteiger charge is 2.26. The molecule has 45 heavy (non-hydrogen) atoms. The van der Waals surface area contributed by atoms with Crippen LogP contribution in [0.15, 0.2) is 0 Å². The van der Waals surface area contributed by atoms with E-state index in [1.807, 2.05) is 0 Å². The van der Waals surface area contributed by atoms with E-state index in [0.717, 1.165) is 6.04 Å². The topological polar surface area (TPSA) is 6.25 Å². The van der Waals surface area contributed by atoms with Crippen molar-refractivity contribution < 1.29 is 17.0 Å². The minimum Gasteiger partial charge on any atom is -1.00 e. The van der Waals surface area contributed by atoms with Crippen molar-refractivity contribution in [2.75, 3.05) is 19.6 Å². The van der Waals surface area contributed by atoms with Gasteiger partial charge in [0.2, 0.25) is 6.34 Å². The first-order valence-electron chi connectivity index (χ1n) is 21.2. The summed E-state index contributed by atoms with van der Waals surface area (Å²) in [5.41, 5.74) is 0. The van der Waals surface area contributed by atoms with E-state index in [4.69, 9.17) is 0 Å². The molecule has 1 heterocycles. The molecular formula is C42H85ClN2. The monoisotopic (exact) mass is 653 g/mol. The molecule has 270 valence electrons. The van der Waals surface area contributed by atoms with Crippen molar-refractivity contribution in [3.63, 3.8) is 0 Å². The van der Waals surface area contributed by atoms with Gasteiger partial charge < -0.3 is 12.4 Å². The van der Waals surface area contributed by atoms with Crippen LogP contribution >= 0.6 is 0 Å². The number of halogens is 1. The number of hydrogen-bond acceptors (Lipinski definition) is 1. The van der Waals surface area contributed by atoms with Crippen LogP contribution in [-0.4, -0.2) is 41.5 Å². The number of likely N-dealkylation sites (N-methyl/N-ethyl adjacent to an activating group) is 1. The molecule has 0 unspecified atom stereocenters. The van der Waals surface area contributed by atoms with E-state index in [1.165, 1.54) is 238 Å². The highest BCUT2D eigenvalue weighted by atomic mass is 35.5. The van der Waals surface area contributed by atoms with Crippen LogP contribution in [0.5, 0.6) is 0 Å². The standard InChI is InChI=1S/C42H85N2.ClH/c1-4-7-9-11-13-15-17-19-21-23-25-27-29-31-33-35-37-42(44-40-39-43(6-3)41-44)38-36-34-32-30-28-26-24-22-20-18-16-14-12-10-8-5-2;/h41-42H,4-40H2,1-3H3;1H/q+1;/p-1. The van der Waals surface area contributed by atoms with Crippen molar-refractivity contribution >= 4 is 6.34 Å². The maximum absolute atomic E-state index is 2.72. The van der Waals surface area contributed by atoms with Gasteiger partial charge in [-0.1, -0.05) is 206 Å². The van der Waals surface area contributed by atoms with Gasteiger partial charge in [0.25, 0.3) is 0 Å². The summed E-state index contributed by atoms with van der Waals surface area (Å²) in [4.78, 5) is 2.72. The van der Waals surface area contributed by atoms with Crippen LogP contribution in [0, 0.1) is 0 Å². The van der Waals surface area contributed by atoms with Crippen molar-refractivity contribution in [3.05, 3.63) is 0 Å². The predicted molar refractivity (Wildman–Crippen MR) is 201 cm³/mol. The number of nitrogens with zero attached hydrogens (tertiary/aromatic N) is 2. The van der Waals surface area contributed by atoms with Gasteiger partial charge in [0, 0.05) is 0 Å². The van der Waals surface area contributed by atoms with E-state index in [0.29, 0.717) is 0 Å². The molecule has 0 spiro atoms. The van der Waals surface area contributed by atoms with E-state index in [9.17, 15) is 0 Å². The molecule has 0 bridgehead atoms. The molecule has 0 aliphatic carbocycles. The summed E-state index contributed by atoms with van der Waals surface area (Å²) in [5.74, 6) is 0. The van der Waals surface area contributed by atoms with Crippen LogP contribution in [0.4, 0.5) is 0 Å². The molecule has 0 N–H and O–H groups in total. The Morgan fingerprint density at radius 1 is 0.422 bits per heavy atom. The van der Waals surface area contributed by atoms with E-state index >= 15 is 0 Å². The molecule has 3 heteroatoms. The third kappa shape index (κ3) is 29.6. The Kier molecular flexibility index (Phi) is 36.4. The van der Waals surface area contributed by atoms with Crippen molar-refractivity contribution in [2.45, 2.75) is 245 Å². The molecule has 0 amide bonds. The Bertz CT molecular complexity index is 555. The van der Waals surface area contributed by atoms with Gasteiger partial charge in [0.1, 0.15) is 13.1 Å². The zero-order chi connectivity index (χ0) is 31.6. The number of unbranched alkanes of at least 4 members (excludes halogenated alkanes) is 30. The third-order valence-corrected chi connectivity index (χ3v) is 10.6. The predicted octanol–water partition coefficient (Wildman–Crippen LogP) is 11.0. The average Bonchev–Trinajstić information content (AvgIpc) is 3.52. The lowest BCUT2D eigenvalue weighted by Crippen LogP contribution is -3.00. The molecule has 0 aromatic heterocycles. The maximum Gasteiger partial charge on any atom is 0.234 e. The lowest BCUT2D eigenvalue weighted by molar-refractivity contribution is -0.510. The zero-order valence-corrected chi connectivity index (χ0v) is 32.3. The molecule has 0 fully saturated rings. The SMILES string of the molecule is CCCCCCCCCCCCCCCCCCC(CCCCCCCCCCCCCCCCCC)N1C=[N+](CC)CC1.[Cl-]. The Balaban J connectivity index is 0.0000194. The van der Waals surface area contributed by atoms with Crippen molar-refractivity contribution in [3.8, 4) is 0 Å². The van der Waals surface area contributed by atoms with E-state index in [2.05, 4.69) is 36.6 Å².